The van der Waals surface area contributed by atoms with Crippen LogP contribution in [0.1, 0.15) is 10.4 Å². The Morgan fingerprint density at radius 1 is 0.950 bits per heavy atom. The van der Waals surface area contributed by atoms with Gasteiger partial charge in [-0.05, 0) is 30.3 Å². The molecule has 104 valence electrons. The lowest BCUT2D eigenvalue weighted by atomic mass is 10.1. The summed E-state index contributed by atoms with van der Waals surface area (Å²) in [6.45, 7) is 0. The highest BCUT2D eigenvalue weighted by Crippen LogP contribution is 2.28. The van der Waals surface area contributed by atoms with E-state index in [0.29, 0.717) is 22.0 Å². The predicted octanol–water partition coefficient (Wildman–Crippen LogP) is 2.99. The molecule has 0 bridgehead atoms. The van der Waals surface area contributed by atoms with Crippen molar-refractivity contribution < 1.29 is 4.79 Å². The number of hydrogen-bond acceptors (Lipinski definition) is 4. The fraction of sp³-hybridized carbons (Fsp3) is 0. The number of hydrogen-bond donors (Lipinski definition) is 4. The summed E-state index contributed by atoms with van der Waals surface area (Å²) < 4.78 is 0. The number of amides is 1. The molecule has 2 aromatic rings. The maximum Gasteiger partial charge on any atom is 0.255 e. The first-order valence-corrected chi connectivity index (χ1v) is 6.35. The normalized spacial score (nSPS) is 10.3. The third-order valence-electron chi connectivity index (χ3n) is 2.64. The third kappa shape index (κ3) is 2.89. The van der Waals surface area contributed by atoms with Crippen LogP contribution >= 0.6 is 23.2 Å². The van der Waals surface area contributed by atoms with Crippen LogP contribution in [0.15, 0.2) is 30.3 Å². The van der Waals surface area contributed by atoms with Crippen molar-refractivity contribution in [2.24, 2.45) is 0 Å². The standard InChI is InChI=1S/C13H12Cl2N4O/c14-8-2-1-7(5-9(8)16)19-13(20)6-3-10(17)12(15)11(18)4-6/h1-5H,16-18H2,(H,19,20). The summed E-state index contributed by atoms with van der Waals surface area (Å²) in [5, 5.41) is 3.32. The molecule has 0 saturated carbocycles. The Morgan fingerprint density at radius 2 is 1.55 bits per heavy atom. The van der Waals surface area contributed by atoms with E-state index >= 15 is 0 Å². The second kappa shape index (κ2) is 5.48. The highest BCUT2D eigenvalue weighted by Gasteiger charge is 2.11. The lowest BCUT2D eigenvalue weighted by Crippen LogP contribution is -2.13. The van der Waals surface area contributed by atoms with Crippen LogP contribution in [0.5, 0.6) is 0 Å². The Hall–Kier alpha value is -2.11. The van der Waals surface area contributed by atoms with Gasteiger partial charge >= 0.3 is 0 Å². The fourth-order valence-corrected chi connectivity index (χ4v) is 1.85. The van der Waals surface area contributed by atoms with Gasteiger partial charge in [-0.2, -0.15) is 0 Å². The van der Waals surface area contributed by atoms with Gasteiger partial charge in [0.25, 0.3) is 5.91 Å². The lowest BCUT2D eigenvalue weighted by Gasteiger charge is -2.09. The minimum Gasteiger partial charge on any atom is -0.397 e. The molecule has 20 heavy (non-hydrogen) atoms. The molecule has 7 heteroatoms. The number of carbonyl (C=O) groups is 1. The molecule has 0 aliphatic carbocycles. The highest BCUT2D eigenvalue weighted by atomic mass is 35.5. The smallest absolute Gasteiger partial charge is 0.255 e. The minimum atomic E-state index is -0.373. The van der Waals surface area contributed by atoms with Crippen LogP contribution in [0.4, 0.5) is 22.7 Å². The molecule has 7 N–H and O–H groups in total. The Balaban J connectivity index is 2.26. The molecule has 0 aliphatic rings. The molecule has 0 spiro atoms. The van der Waals surface area contributed by atoms with Gasteiger partial charge in [0.2, 0.25) is 0 Å². The average Bonchev–Trinajstić information content (AvgIpc) is 2.39. The molecule has 0 aromatic heterocycles. The number of nitrogens with one attached hydrogen (secondary N) is 1. The predicted molar refractivity (Wildman–Crippen MR) is 84.1 cm³/mol. The quantitative estimate of drug-likeness (QED) is 0.639. The number of rotatable bonds is 2. The van der Waals surface area contributed by atoms with Crippen molar-refractivity contribution in [3.63, 3.8) is 0 Å². The molecule has 2 rings (SSSR count). The van der Waals surface area contributed by atoms with Crippen molar-refractivity contribution >= 4 is 51.9 Å². The molecule has 0 saturated heterocycles. The molecular weight excluding hydrogens is 299 g/mol. The van der Waals surface area contributed by atoms with Crippen molar-refractivity contribution in [2.75, 3.05) is 22.5 Å². The molecular formula is C13H12Cl2N4O. The molecule has 0 aliphatic heterocycles. The van der Waals surface area contributed by atoms with Gasteiger partial charge in [0.15, 0.2) is 0 Å². The van der Waals surface area contributed by atoms with Crippen LogP contribution in [0.2, 0.25) is 10.0 Å². The van der Waals surface area contributed by atoms with Gasteiger partial charge < -0.3 is 22.5 Å². The molecule has 0 atom stereocenters. The molecule has 0 radical (unpaired) electrons. The Kier molecular flexibility index (Phi) is 3.92. The number of nitrogen functional groups attached to an aromatic ring is 3. The third-order valence-corrected chi connectivity index (χ3v) is 3.43. The molecule has 5 nitrogen and oxygen atoms in total. The molecule has 0 heterocycles. The summed E-state index contributed by atoms with van der Waals surface area (Å²) in [6, 6.07) is 7.69. The van der Waals surface area contributed by atoms with Gasteiger partial charge in [-0.1, -0.05) is 23.2 Å². The monoisotopic (exact) mass is 310 g/mol. The zero-order valence-corrected chi connectivity index (χ0v) is 11.8. The van der Waals surface area contributed by atoms with Crippen LogP contribution in [-0.4, -0.2) is 5.91 Å². The summed E-state index contributed by atoms with van der Waals surface area (Å²) in [6.07, 6.45) is 0. The van der Waals surface area contributed by atoms with E-state index < -0.39 is 0 Å². The van der Waals surface area contributed by atoms with Gasteiger partial charge in [0.05, 0.1) is 27.1 Å². The maximum atomic E-state index is 12.1. The van der Waals surface area contributed by atoms with E-state index in [4.69, 9.17) is 40.4 Å². The van der Waals surface area contributed by atoms with Gasteiger partial charge in [-0.25, -0.2) is 0 Å². The summed E-state index contributed by atoms with van der Waals surface area (Å²) >= 11 is 11.6. The van der Waals surface area contributed by atoms with Crippen molar-refractivity contribution in [1.82, 2.24) is 0 Å². The van der Waals surface area contributed by atoms with Crippen molar-refractivity contribution in [3.8, 4) is 0 Å². The summed E-state index contributed by atoms with van der Waals surface area (Å²) in [5.41, 5.74) is 18.7. The van der Waals surface area contributed by atoms with Gasteiger partial charge in [-0.15, -0.1) is 0 Å². The van der Waals surface area contributed by atoms with Crippen LogP contribution < -0.4 is 22.5 Å². The topological polar surface area (TPSA) is 107 Å². The second-order valence-electron chi connectivity index (χ2n) is 4.16. The Labute approximate surface area is 125 Å². The van der Waals surface area contributed by atoms with Crippen molar-refractivity contribution in [3.05, 3.63) is 45.9 Å². The van der Waals surface area contributed by atoms with Crippen molar-refractivity contribution in [2.45, 2.75) is 0 Å². The Morgan fingerprint density at radius 3 is 2.10 bits per heavy atom. The minimum absolute atomic E-state index is 0.234. The number of carbonyl (C=O) groups excluding carboxylic acids is 1. The van der Waals surface area contributed by atoms with E-state index in [9.17, 15) is 4.79 Å². The van der Waals surface area contributed by atoms with E-state index in [-0.39, 0.29) is 22.3 Å². The molecule has 2 aromatic carbocycles. The van der Waals surface area contributed by atoms with Crippen LogP contribution in [0, 0.1) is 0 Å². The Bertz CT molecular complexity index is 665. The van der Waals surface area contributed by atoms with Gasteiger partial charge in [0, 0.05) is 11.3 Å². The summed E-state index contributed by atoms with van der Waals surface area (Å²) in [4.78, 5) is 12.1. The first kappa shape index (κ1) is 14.3. The lowest BCUT2D eigenvalue weighted by molar-refractivity contribution is 0.102. The van der Waals surface area contributed by atoms with Gasteiger partial charge in [0.1, 0.15) is 0 Å². The number of nitrogens with two attached hydrogens (primary N) is 3. The first-order chi connectivity index (χ1) is 9.38. The summed E-state index contributed by atoms with van der Waals surface area (Å²) in [7, 11) is 0. The highest BCUT2D eigenvalue weighted by molar-refractivity contribution is 6.36. The molecule has 0 fully saturated rings. The average molecular weight is 311 g/mol. The number of anilines is 4. The van der Waals surface area contributed by atoms with E-state index in [1.807, 2.05) is 0 Å². The van der Waals surface area contributed by atoms with Crippen LogP contribution in [-0.2, 0) is 0 Å². The molecule has 1 amide bonds. The van der Waals surface area contributed by atoms with E-state index in [1.165, 1.54) is 12.1 Å². The molecule has 0 unspecified atom stereocenters. The fourth-order valence-electron chi connectivity index (χ4n) is 1.63. The van der Waals surface area contributed by atoms with Gasteiger partial charge in [-0.3, -0.25) is 4.79 Å². The van der Waals surface area contributed by atoms with E-state index in [0.717, 1.165) is 0 Å². The number of halogens is 2. The number of benzene rings is 2. The maximum absolute atomic E-state index is 12.1. The summed E-state index contributed by atoms with van der Waals surface area (Å²) in [5.74, 6) is -0.373. The second-order valence-corrected chi connectivity index (χ2v) is 4.94. The first-order valence-electron chi connectivity index (χ1n) is 5.59. The zero-order chi connectivity index (χ0) is 14.9. The van der Waals surface area contributed by atoms with Crippen LogP contribution in [0.3, 0.4) is 0 Å². The van der Waals surface area contributed by atoms with E-state index in [1.54, 1.807) is 18.2 Å². The largest absolute Gasteiger partial charge is 0.397 e. The zero-order valence-electron chi connectivity index (χ0n) is 10.3. The SMILES string of the molecule is Nc1cc(NC(=O)c2cc(N)c(Cl)c(N)c2)ccc1Cl. The van der Waals surface area contributed by atoms with Crippen molar-refractivity contribution in [1.29, 1.82) is 0 Å². The van der Waals surface area contributed by atoms with E-state index in [2.05, 4.69) is 5.32 Å². The van der Waals surface area contributed by atoms with Crippen LogP contribution in [0.25, 0.3) is 0 Å².